The molecule has 1 atom stereocenters. The van der Waals surface area contributed by atoms with Crippen LogP contribution in [0.5, 0.6) is 11.5 Å². The third-order valence-corrected chi connectivity index (χ3v) is 5.00. The number of hydrogen-bond donors (Lipinski definition) is 1. The van der Waals surface area contributed by atoms with Crippen molar-refractivity contribution in [3.63, 3.8) is 0 Å². The first-order chi connectivity index (χ1) is 13.0. The summed E-state index contributed by atoms with van der Waals surface area (Å²) in [6, 6.07) is 6.45. The molecule has 1 aromatic rings. The molecular weight excluding hydrogens is 344 g/mol. The van der Waals surface area contributed by atoms with E-state index in [2.05, 4.69) is 17.9 Å². The van der Waals surface area contributed by atoms with Gasteiger partial charge in [0.2, 0.25) is 0 Å². The van der Waals surface area contributed by atoms with Crippen LogP contribution in [0.1, 0.15) is 45.1 Å². The molecule has 0 radical (unpaired) electrons. The third kappa shape index (κ3) is 6.70. The number of ether oxygens (including phenoxy) is 2. The topological polar surface area (TPSA) is 62.2 Å². The largest absolute Gasteiger partial charge is 0.490 e. The average Bonchev–Trinajstić information content (AvgIpc) is 2.86. The molecule has 1 aromatic carbocycles. The fourth-order valence-electron chi connectivity index (χ4n) is 3.64. The summed E-state index contributed by atoms with van der Waals surface area (Å²) in [5.74, 6) is 0.923. The Bertz CT molecular complexity index is 594. The smallest absolute Gasteiger partial charge is 0.317 e. The third-order valence-electron chi connectivity index (χ3n) is 5.00. The van der Waals surface area contributed by atoms with E-state index in [0.717, 1.165) is 62.4 Å². The lowest BCUT2D eigenvalue weighted by molar-refractivity contribution is -0.138. The van der Waals surface area contributed by atoms with Crippen molar-refractivity contribution < 1.29 is 19.4 Å². The quantitative estimate of drug-likeness (QED) is 0.674. The molecule has 0 aliphatic carbocycles. The lowest BCUT2D eigenvalue weighted by Gasteiger charge is -2.26. The number of para-hydroxylation sites is 1. The molecule has 27 heavy (non-hydrogen) atoms. The molecule has 0 amide bonds. The van der Waals surface area contributed by atoms with Crippen molar-refractivity contribution in [1.29, 1.82) is 0 Å². The number of nitrogens with zero attached hydrogens (tertiary/aromatic N) is 2. The second-order valence-electron chi connectivity index (χ2n) is 7.20. The highest BCUT2D eigenvalue weighted by Gasteiger charge is 2.23. The van der Waals surface area contributed by atoms with Crippen LogP contribution in [-0.4, -0.2) is 66.8 Å². The standard InChI is InChI=1S/C21H34N2O4/c1-4-14-27-21-17(8-6-10-19(21)26-5-2)15-23-12-7-9-18(11-13-23)22(3)16-20(24)25/h6,8,10,18H,4-5,7,9,11-16H2,1-3H3,(H,24,25). The molecule has 152 valence electrons. The zero-order valence-corrected chi connectivity index (χ0v) is 16.9. The van der Waals surface area contributed by atoms with Crippen molar-refractivity contribution in [3.05, 3.63) is 23.8 Å². The number of benzene rings is 1. The first-order valence-corrected chi connectivity index (χ1v) is 10.1. The van der Waals surface area contributed by atoms with Crippen LogP contribution < -0.4 is 9.47 Å². The van der Waals surface area contributed by atoms with E-state index in [4.69, 9.17) is 14.6 Å². The van der Waals surface area contributed by atoms with E-state index in [9.17, 15) is 4.79 Å². The number of carboxylic acids is 1. The van der Waals surface area contributed by atoms with Crippen molar-refractivity contribution in [2.24, 2.45) is 0 Å². The molecule has 1 unspecified atom stereocenters. The van der Waals surface area contributed by atoms with Crippen LogP contribution in [0.3, 0.4) is 0 Å². The Kier molecular flexibility index (Phi) is 8.88. The Morgan fingerprint density at radius 1 is 1.26 bits per heavy atom. The van der Waals surface area contributed by atoms with E-state index in [-0.39, 0.29) is 6.54 Å². The van der Waals surface area contributed by atoms with Gasteiger partial charge in [0.15, 0.2) is 11.5 Å². The van der Waals surface area contributed by atoms with Gasteiger partial charge in [0.05, 0.1) is 19.8 Å². The van der Waals surface area contributed by atoms with Crippen LogP contribution in [0, 0.1) is 0 Å². The monoisotopic (exact) mass is 378 g/mol. The minimum Gasteiger partial charge on any atom is -0.490 e. The lowest BCUT2D eigenvalue weighted by Crippen LogP contribution is -2.36. The SMILES string of the molecule is CCCOc1c(CN2CCCC(N(C)CC(=O)O)CC2)cccc1OCC. The Morgan fingerprint density at radius 2 is 2.07 bits per heavy atom. The van der Waals surface area contributed by atoms with Gasteiger partial charge in [0.1, 0.15) is 0 Å². The summed E-state index contributed by atoms with van der Waals surface area (Å²) in [4.78, 5) is 15.4. The van der Waals surface area contributed by atoms with E-state index in [1.807, 2.05) is 31.0 Å². The molecule has 1 heterocycles. The summed E-state index contributed by atoms with van der Waals surface area (Å²) in [5, 5.41) is 9.02. The first kappa shape index (κ1) is 21.5. The molecule has 0 spiro atoms. The molecule has 0 saturated carbocycles. The van der Waals surface area contributed by atoms with E-state index in [1.54, 1.807) is 0 Å². The summed E-state index contributed by atoms with van der Waals surface area (Å²) >= 11 is 0. The van der Waals surface area contributed by atoms with Crippen molar-refractivity contribution in [2.75, 3.05) is 39.9 Å². The molecule has 6 nitrogen and oxygen atoms in total. The van der Waals surface area contributed by atoms with Gasteiger partial charge in [-0.1, -0.05) is 19.1 Å². The molecule has 0 aromatic heterocycles. The van der Waals surface area contributed by atoms with Crippen LogP contribution >= 0.6 is 0 Å². The summed E-state index contributed by atoms with van der Waals surface area (Å²) in [6.07, 6.45) is 4.06. The minimum absolute atomic E-state index is 0.107. The van der Waals surface area contributed by atoms with Crippen molar-refractivity contribution in [3.8, 4) is 11.5 Å². The molecule has 0 bridgehead atoms. The minimum atomic E-state index is -0.760. The van der Waals surface area contributed by atoms with Gasteiger partial charge in [-0.3, -0.25) is 14.6 Å². The van der Waals surface area contributed by atoms with E-state index >= 15 is 0 Å². The second-order valence-corrected chi connectivity index (χ2v) is 7.20. The maximum Gasteiger partial charge on any atom is 0.317 e. The molecule has 2 rings (SSSR count). The van der Waals surface area contributed by atoms with Crippen LogP contribution in [0.4, 0.5) is 0 Å². The first-order valence-electron chi connectivity index (χ1n) is 10.1. The number of aliphatic carboxylic acids is 1. The Labute approximate surface area is 163 Å². The fourth-order valence-corrected chi connectivity index (χ4v) is 3.64. The molecule has 1 N–H and O–H groups in total. The summed E-state index contributed by atoms with van der Waals surface area (Å²) in [6.45, 7) is 8.30. The van der Waals surface area contributed by atoms with Gasteiger partial charge >= 0.3 is 5.97 Å². The fraction of sp³-hybridized carbons (Fsp3) is 0.667. The molecule has 1 fully saturated rings. The molecule has 1 saturated heterocycles. The number of hydrogen-bond acceptors (Lipinski definition) is 5. The van der Waals surface area contributed by atoms with E-state index in [0.29, 0.717) is 19.3 Å². The van der Waals surface area contributed by atoms with E-state index < -0.39 is 5.97 Å². The molecular formula is C21H34N2O4. The summed E-state index contributed by atoms with van der Waals surface area (Å²) in [5.41, 5.74) is 1.16. The predicted octanol–water partition coefficient (Wildman–Crippen LogP) is 3.25. The van der Waals surface area contributed by atoms with Crippen LogP contribution in [0.15, 0.2) is 18.2 Å². The van der Waals surface area contributed by atoms with Gasteiger partial charge in [-0.15, -0.1) is 0 Å². The summed E-state index contributed by atoms with van der Waals surface area (Å²) in [7, 11) is 1.91. The maximum absolute atomic E-state index is 11.0. The predicted molar refractivity (Wildman–Crippen MR) is 107 cm³/mol. The van der Waals surface area contributed by atoms with Crippen molar-refractivity contribution >= 4 is 5.97 Å². The van der Waals surface area contributed by atoms with Gasteiger partial charge in [0, 0.05) is 18.2 Å². The number of carbonyl (C=O) groups is 1. The Morgan fingerprint density at radius 3 is 2.78 bits per heavy atom. The zero-order valence-electron chi connectivity index (χ0n) is 16.9. The van der Waals surface area contributed by atoms with Gasteiger partial charge in [-0.25, -0.2) is 0 Å². The van der Waals surface area contributed by atoms with E-state index in [1.165, 1.54) is 0 Å². The van der Waals surface area contributed by atoms with Gasteiger partial charge in [0.25, 0.3) is 0 Å². The van der Waals surface area contributed by atoms with Gasteiger partial charge in [-0.05, 0) is 58.8 Å². The highest BCUT2D eigenvalue weighted by molar-refractivity contribution is 5.69. The van der Waals surface area contributed by atoms with Crippen molar-refractivity contribution in [2.45, 2.75) is 52.1 Å². The number of carboxylic acid groups (broad SMARTS) is 1. The Hall–Kier alpha value is -1.79. The molecule has 6 heteroatoms. The van der Waals surface area contributed by atoms with Crippen molar-refractivity contribution in [1.82, 2.24) is 9.80 Å². The number of likely N-dealkylation sites (N-methyl/N-ethyl adjacent to an activating group) is 1. The average molecular weight is 379 g/mol. The number of rotatable bonds is 10. The number of likely N-dealkylation sites (tertiary alicyclic amines) is 1. The van der Waals surface area contributed by atoms with Crippen LogP contribution in [0.2, 0.25) is 0 Å². The van der Waals surface area contributed by atoms with Gasteiger partial charge in [-0.2, -0.15) is 0 Å². The molecule has 1 aliphatic heterocycles. The second kappa shape index (κ2) is 11.1. The lowest BCUT2D eigenvalue weighted by atomic mass is 10.1. The van der Waals surface area contributed by atoms with Gasteiger partial charge < -0.3 is 14.6 Å². The maximum atomic E-state index is 11.0. The zero-order chi connectivity index (χ0) is 19.6. The highest BCUT2D eigenvalue weighted by atomic mass is 16.5. The van der Waals surface area contributed by atoms with Crippen LogP contribution in [-0.2, 0) is 11.3 Å². The highest BCUT2D eigenvalue weighted by Crippen LogP contribution is 2.33. The molecule has 1 aliphatic rings. The Balaban J connectivity index is 2.03. The summed E-state index contributed by atoms with van der Waals surface area (Å²) < 4.78 is 11.8. The normalized spacial score (nSPS) is 18.3. The van der Waals surface area contributed by atoms with Crippen LogP contribution in [0.25, 0.3) is 0 Å².